The van der Waals surface area contributed by atoms with Gasteiger partial charge in [-0.05, 0) is 25.1 Å². The first-order chi connectivity index (χ1) is 6.93. The molecule has 0 radical (unpaired) electrons. The predicted octanol–water partition coefficient (Wildman–Crippen LogP) is 3.11. The standard InChI is InChI=1S/C10H7ClF2O2/c1-5(10(14)15)4-6-7(12)2-3-8(13)9(6)11/h2-4H,1H3,(H,14,15). The van der Waals surface area contributed by atoms with Gasteiger partial charge in [0, 0.05) is 11.1 Å². The third-order valence-electron chi connectivity index (χ3n) is 1.78. The molecule has 0 bridgehead atoms. The zero-order chi connectivity index (χ0) is 11.6. The number of hydrogen-bond donors (Lipinski definition) is 1. The van der Waals surface area contributed by atoms with Gasteiger partial charge in [0.25, 0.3) is 0 Å². The maximum Gasteiger partial charge on any atom is 0.331 e. The van der Waals surface area contributed by atoms with Crippen LogP contribution >= 0.6 is 11.6 Å². The fourth-order valence-corrected chi connectivity index (χ4v) is 1.16. The van der Waals surface area contributed by atoms with Crippen LogP contribution in [0.2, 0.25) is 5.02 Å². The quantitative estimate of drug-likeness (QED) is 0.628. The van der Waals surface area contributed by atoms with E-state index in [1.807, 2.05) is 0 Å². The van der Waals surface area contributed by atoms with E-state index in [-0.39, 0.29) is 11.1 Å². The summed E-state index contributed by atoms with van der Waals surface area (Å²) in [7, 11) is 0. The second kappa shape index (κ2) is 4.40. The Balaban J connectivity index is 3.32. The first-order valence-electron chi connectivity index (χ1n) is 3.98. The summed E-state index contributed by atoms with van der Waals surface area (Å²) in [6.45, 7) is 1.27. The number of carboxylic acids is 1. The van der Waals surface area contributed by atoms with Crippen molar-refractivity contribution in [2.45, 2.75) is 6.92 Å². The molecule has 0 aliphatic heterocycles. The molecule has 0 saturated carbocycles. The van der Waals surface area contributed by atoms with Crippen LogP contribution in [0.3, 0.4) is 0 Å². The van der Waals surface area contributed by atoms with Gasteiger partial charge in [0.15, 0.2) is 0 Å². The topological polar surface area (TPSA) is 37.3 Å². The lowest BCUT2D eigenvalue weighted by atomic mass is 10.1. The van der Waals surface area contributed by atoms with Crippen LogP contribution < -0.4 is 0 Å². The van der Waals surface area contributed by atoms with Crippen LogP contribution in [-0.4, -0.2) is 11.1 Å². The summed E-state index contributed by atoms with van der Waals surface area (Å²) in [5.41, 5.74) is -0.377. The van der Waals surface area contributed by atoms with Gasteiger partial charge >= 0.3 is 5.97 Å². The molecule has 0 aromatic heterocycles. The predicted molar refractivity (Wildman–Crippen MR) is 52.7 cm³/mol. The number of aliphatic carboxylic acids is 1. The van der Waals surface area contributed by atoms with Gasteiger partial charge in [-0.1, -0.05) is 11.6 Å². The highest BCUT2D eigenvalue weighted by Crippen LogP contribution is 2.25. The van der Waals surface area contributed by atoms with Crippen molar-refractivity contribution in [3.8, 4) is 0 Å². The zero-order valence-corrected chi connectivity index (χ0v) is 8.48. The average molecular weight is 233 g/mol. The van der Waals surface area contributed by atoms with Crippen LogP contribution in [0.25, 0.3) is 6.08 Å². The largest absolute Gasteiger partial charge is 0.478 e. The van der Waals surface area contributed by atoms with Crippen LogP contribution in [0.15, 0.2) is 17.7 Å². The van der Waals surface area contributed by atoms with Gasteiger partial charge in [-0.25, -0.2) is 13.6 Å². The highest BCUT2D eigenvalue weighted by Gasteiger charge is 2.11. The summed E-state index contributed by atoms with van der Waals surface area (Å²) in [6.07, 6.45) is 0.989. The van der Waals surface area contributed by atoms with Crippen LogP contribution in [-0.2, 0) is 4.79 Å². The minimum absolute atomic E-state index is 0.124. The van der Waals surface area contributed by atoms with Crippen molar-refractivity contribution in [1.29, 1.82) is 0 Å². The van der Waals surface area contributed by atoms with Crippen molar-refractivity contribution in [3.05, 3.63) is 39.9 Å². The molecule has 1 aromatic rings. The van der Waals surface area contributed by atoms with Gasteiger partial charge in [-0.15, -0.1) is 0 Å². The van der Waals surface area contributed by atoms with E-state index in [9.17, 15) is 13.6 Å². The van der Waals surface area contributed by atoms with Gasteiger partial charge in [0.2, 0.25) is 0 Å². The minimum Gasteiger partial charge on any atom is -0.478 e. The van der Waals surface area contributed by atoms with Gasteiger partial charge in [0.1, 0.15) is 11.6 Å². The monoisotopic (exact) mass is 232 g/mol. The van der Waals surface area contributed by atoms with Crippen molar-refractivity contribution >= 4 is 23.6 Å². The first-order valence-corrected chi connectivity index (χ1v) is 4.36. The van der Waals surface area contributed by atoms with Gasteiger partial charge in [-0.3, -0.25) is 0 Å². The molecular formula is C10H7ClF2O2. The third-order valence-corrected chi connectivity index (χ3v) is 2.16. The lowest BCUT2D eigenvalue weighted by molar-refractivity contribution is -0.132. The Labute approximate surface area is 89.8 Å². The molecule has 0 aliphatic carbocycles. The summed E-state index contributed by atoms with van der Waals surface area (Å²) in [4.78, 5) is 10.5. The van der Waals surface area contributed by atoms with Gasteiger partial charge in [-0.2, -0.15) is 0 Å². The maximum atomic E-state index is 13.2. The normalized spacial score (nSPS) is 11.6. The molecule has 5 heteroatoms. The molecule has 1 rings (SSSR count). The molecular weight excluding hydrogens is 226 g/mol. The second-order valence-corrected chi connectivity index (χ2v) is 3.27. The Morgan fingerprint density at radius 3 is 2.47 bits per heavy atom. The fraction of sp³-hybridized carbons (Fsp3) is 0.100. The third kappa shape index (κ3) is 2.53. The van der Waals surface area contributed by atoms with E-state index in [0.29, 0.717) is 0 Å². The molecule has 0 atom stereocenters. The molecule has 0 fully saturated rings. The molecule has 80 valence electrons. The average Bonchev–Trinajstić information content (AvgIpc) is 2.18. The Bertz CT molecular complexity index is 441. The first kappa shape index (κ1) is 11.7. The SMILES string of the molecule is CC(=Cc1c(F)ccc(F)c1Cl)C(=O)O. The van der Waals surface area contributed by atoms with Crippen LogP contribution in [0.4, 0.5) is 8.78 Å². The molecule has 0 aliphatic rings. The smallest absolute Gasteiger partial charge is 0.331 e. The summed E-state index contributed by atoms with van der Waals surface area (Å²) < 4.78 is 26.1. The molecule has 1 N–H and O–H groups in total. The zero-order valence-electron chi connectivity index (χ0n) is 7.72. The number of hydrogen-bond acceptors (Lipinski definition) is 1. The number of carboxylic acid groups (broad SMARTS) is 1. The molecule has 15 heavy (non-hydrogen) atoms. The maximum absolute atomic E-state index is 13.2. The van der Waals surface area contributed by atoms with Crippen LogP contribution in [0, 0.1) is 11.6 Å². The Kier molecular flexibility index (Phi) is 3.42. The summed E-state index contributed by atoms with van der Waals surface area (Å²) in [5, 5.41) is 8.15. The van der Waals surface area contributed by atoms with E-state index in [0.717, 1.165) is 18.2 Å². The Hall–Kier alpha value is -1.42. The number of rotatable bonds is 2. The van der Waals surface area contributed by atoms with Crippen molar-refractivity contribution in [1.82, 2.24) is 0 Å². The Morgan fingerprint density at radius 1 is 1.40 bits per heavy atom. The summed E-state index contributed by atoms with van der Waals surface area (Å²) >= 11 is 5.49. The van der Waals surface area contributed by atoms with Crippen molar-refractivity contribution in [3.63, 3.8) is 0 Å². The van der Waals surface area contributed by atoms with Crippen molar-refractivity contribution in [2.24, 2.45) is 0 Å². The van der Waals surface area contributed by atoms with E-state index in [2.05, 4.69) is 0 Å². The summed E-state index contributed by atoms with van der Waals surface area (Å²) in [5.74, 6) is -2.76. The number of carbonyl (C=O) groups is 1. The second-order valence-electron chi connectivity index (χ2n) is 2.89. The molecule has 2 nitrogen and oxygen atoms in total. The van der Waals surface area contributed by atoms with Crippen molar-refractivity contribution < 1.29 is 18.7 Å². The minimum atomic E-state index is -1.21. The fourth-order valence-electron chi connectivity index (χ4n) is 0.953. The molecule has 0 heterocycles. The highest BCUT2D eigenvalue weighted by atomic mass is 35.5. The molecule has 0 spiro atoms. The van der Waals surface area contributed by atoms with Gasteiger partial charge in [0.05, 0.1) is 5.02 Å². The van der Waals surface area contributed by atoms with E-state index < -0.39 is 22.6 Å². The van der Waals surface area contributed by atoms with Gasteiger partial charge < -0.3 is 5.11 Å². The Morgan fingerprint density at radius 2 is 1.93 bits per heavy atom. The number of benzene rings is 1. The van der Waals surface area contributed by atoms with Crippen molar-refractivity contribution in [2.75, 3.05) is 0 Å². The molecule has 0 unspecified atom stereocenters. The van der Waals surface area contributed by atoms with E-state index >= 15 is 0 Å². The van der Waals surface area contributed by atoms with E-state index in [4.69, 9.17) is 16.7 Å². The molecule has 1 aromatic carbocycles. The lowest BCUT2D eigenvalue weighted by Crippen LogP contribution is -1.97. The summed E-state index contributed by atoms with van der Waals surface area (Å²) in [6, 6.07) is 1.77. The van der Waals surface area contributed by atoms with E-state index in [1.165, 1.54) is 6.92 Å². The highest BCUT2D eigenvalue weighted by molar-refractivity contribution is 6.32. The van der Waals surface area contributed by atoms with Crippen LogP contribution in [0.1, 0.15) is 12.5 Å². The molecule has 0 amide bonds. The molecule has 0 saturated heterocycles. The lowest BCUT2D eigenvalue weighted by Gasteiger charge is -2.02. The van der Waals surface area contributed by atoms with E-state index in [1.54, 1.807) is 0 Å². The number of halogens is 3. The van der Waals surface area contributed by atoms with Crippen LogP contribution in [0.5, 0.6) is 0 Å².